The number of β-amino-alcohol motifs (C(OH)–C–C–N with tert-alkyl or cyclic N) is 1. The summed E-state index contributed by atoms with van der Waals surface area (Å²) in [6.07, 6.45) is 2.86. The van der Waals surface area contributed by atoms with Crippen molar-refractivity contribution in [2.45, 2.75) is 39.2 Å². The van der Waals surface area contributed by atoms with Crippen molar-refractivity contribution >= 4 is 11.6 Å². The fourth-order valence-corrected chi connectivity index (χ4v) is 3.90. The minimum Gasteiger partial charge on any atom is -0.473 e. The number of hydrogen-bond acceptors (Lipinski definition) is 6. The van der Waals surface area contributed by atoms with Gasteiger partial charge in [-0.3, -0.25) is 4.79 Å². The van der Waals surface area contributed by atoms with Gasteiger partial charge in [0, 0.05) is 12.2 Å². The summed E-state index contributed by atoms with van der Waals surface area (Å²) in [5, 5.41) is 21.7. The first-order chi connectivity index (χ1) is 16.0. The number of piperidine rings is 1. The van der Waals surface area contributed by atoms with Gasteiger partial charge in [-0.05, 0) is 64.0 Å². The highest BCUT2D eigenvalue weighted by Crippen LogP contribution is 2.23. The number of ether oxygens (including phenoxy) is 1. The average Bonchev–Trinajstić information content (AvgIpc) is 3.24. The first kappa shape index (κ1) is 22.9. The largest absolute Gasteiger partial charge is 0.473 e. The lowest BCUT2D eigenvalue weighted by atomic mass is 10.1. The Balaban J connectivity index is 1.53. The fraction of sp³-hybridized carbons (Fsp3) is 0.400. The minimum absolute atomic E-state index is 0.0422. The van der Waals surface area contributed by atoms with Crippen LogP contribution in [0.2, 0.25) is 0 Å². The van der Waals surface area contributed by atoms with Gasteiger partial charge < -0.3 is 20.1 Å². The Bertz CT molecular complexity index is 1060. The Labute approximate surface area is 194 Å². The molecule has 1 atom stereocenters. The zero-order valence-electron chi connectivity index (χ0n) is 19.2. The molecule has 2 N–H and O–H groups in total. The summed E-state index contributed by atoms with van der Waals surface area (Å²) < 4.78 is 7.47. The molecule has 4 rings (SSSR count). The van der Waals surface area contributed by atoms with Crippen molar-refractivity contribution in [1.29, 1.82) is 0 Å². The number of rotatable bonds is 8. The van der Waals surface area contributed by atoms with Crippen LogP contribution < -0.4 is 10.1 Å². The summed E-state index contributed by atoms with van der Waals surface area (Å²) in [4.78, 5) is 15.3. The highest BCUT2D eigenvalue weighted by Gasteiger charge is 2.24. The van der Waals surface area contributed by atoms with Crippen LogP contribution in [0.5, 0.6) is 5.88 Å². The van der Waals surface area contributed by atoms with Crippen molar-refractivity contribution in [2.24, 2.45) is 0 Å². The number of carbonyl (C=O) groups excluding carboxylic acids is 1. The van der Waals surface area contributed by atoms with E-state index in [0.29, 0.717) is 12.2 Å². The topological polar surface area (TPSA) is 92.5 Å². The molecule has 8 heteroatoms. The molecule has 0 bridgehead atoms. The second kappa shape index (κ2) is 10.6. The van der Waals surface area contributed by atoms with Crippen molar-refractivity contribution in [3.05, 3.63) is 65.4 Å². The molecule has 1 fully saturated rings. The summed E-state index contributed by atoms with van der Waals surface area (Å²) in [5.41, 5.74) is 3.66. The van der Waals surface area contributed by atoms with E-state index in [1.165, 1.54) is 11.1 Å². The van der Waals surface area contributed by atoms with Gasteiger partial charge in [0.15, 0.2) is 0 Å². The molecule has 1 aromatic heterocycles. The number of carbonyl (C=O) groups is 1. The third-order valence-corrected chi connectivity index (χ3v) is 5.76. The first-order valence-corrected chi connectivity index (χ1v) is 11.4. The lowest BCUT2D eigenvalue weighted by Crippen LogP contribution is -2.38. The van der Waals surface area contributed by atoms with Gasteiger partial charge in [-0.25, -0.2) is 0 Å². The molecule has 174 valence electrons. The number of aryl methyl sites for hydroxylation is 2. The van der Waals surface area contributed by atoms with Crippen LogP contribution >= 0.6 is 0 Å². The van der Waals surface area contributed by atoms with E-state index in [0.717, 1.165) is 42.7 Å². The summed E-state index contributed by atoms with van der Waals surface area (Å²) in [5.74, 6) is -0.209. The molecule has 1 aliphatic heterocycles. The lowest BCUT2D eigenvalue weighted by molar-refractivity contribution is 0.0588. The van der Waals surface area contributed by atoms with Crippen LogP contribution in [0.3, 0.4) is 0 Å². The van der Waals surface area contributed by atoms with E-state index in [1.807, 2.05) is 62.4 Å². The molecule has 0 saturated carbocycles. The number of aromatic nitrogens is 3. The van der Waals surface area contributed by atoms with Gasteiger partial charge in [0.1, 0.15) is 12.7 Å². The molecule has 8 nitrogen and oxygen atoms in total. The van der Waals surface area contributed by atoms with Gasteiger partial charge in [-0.2, -0.15) is 4.68 Å². The molecule has 33 heavy (non-hydrogen) atoms. The van der Waals surface area contributed by atoms with E-state index in [-0.39, 0.29) is 18.2 Å². The van der Waals surface area contributed by atoms with Gasteiger partial charge in [0.25, 0.3) is 11.8 Å². The third kappa shape index (κ3) is 5.97. The van der Waals surface area contributed by atoms with E-state index in [1.54, 1.807) is 0 Å². The number of aliphatic hydroxyl groups is 1. The molecular formula is C25H31N5O3. The van der Waals surface area contributed by atoms with Crippen LogP contribution in [-0.4, -0.2) is 63.3 Å². The Morgan fingerprint density at radius 2 is 1.67 bits per heavy atom. The molecule has 1 saturated heterocycles. The van der Waals surface area contributed by atoms with Crippen LogP contribution in [0, 0.1) is 13.8 Å². The second-order valence-electron chi connectivity index (χ2n) is 8.64. The van der Waals surface area contributed by atoms with E-state index in [2.05, 4.69) is 20.5 Å². The Kier molecular flexibility index (Phi) is 7.36. The number of anilines is 1. The molecule has 0 spiro atoms. The normalized spacial score (nSPS) is 15.2. The van der Waals surface area contributed by atoms with E-state index in [9.17, 15) is 9.90 Å². The molecule has 2 aromatic carbocycles. The highest BCUT2D eigenvalue weighted by molar-refractivity contribution is 6.04. The monoisotopic (exact) mass is 449 g/mol. The summed E-state index contributed by atoms with van der Waals surface area (Å²) in [6.45, 7) is 6.55. The number of amides is 1. The van der Waals surface area contributed by atoms with Crippen LogP contribution in [0.4, 0.5) is 5.69 Å². The Hall–Kier alpha value is -3.23. The van der Waals surface area contributed by atoms with Gasteiger partial charge in [0.2, 0.25) is 5.69 Å². The van der Waals surface area contributed by atoms with Crippen molar-refractivity contribution in [2.75, 3.05) is 31.6 Å². The minimum atomic E-state index is -0.683. The predicted molar refractivity (Wildman–Crippen MR) is 127 cm³/mol. The van der Waals surface area contributed by atoms with Crippen molar-refractivity contribution < 1.29 is 14.6 Å². The summed E-state index contributed by atoms with van der Waals surface area (Å²) in [6, 6.07) is 15.2. The molecule has 1 amide bonds. The quantitative estimate of drug-likeness (QED) is 0.548. The molecule has 1 aliphatic rings. The van der Waals surface area contributed by atoms with Crippen molar-refractivity contribution in [3.8, 4) is 11.6 Å². The fourth-order valence-electron chi connectivity index (χ4n) is 3.90. The Morgan fingerprint density at radius 1 is 1.03 bits per heavy atom. The number of nitrogens with zero attached hydrogens (tertiary/aromatic N) is 4. The SMILES string of the molecule is Cc1ccc(NC(=O)c2nnn(-c3ccc(C)cc3)c2OCC(O)CN2CCCCC2)cc1. The van der Waals surface area contributed by atoms with Gasteiger partial charge in [0.05, 0.1) is 5.69 Å². The van der Waals surface area contributed by atoms with Crippen LogP contribution in [0.1, 0.15) is 40.9 Å². The van der Waals surface area contributed by atoms with Gasteiger partial charge in [-0.1, -0.05) is 47.0 Å². The number of nitrogens with one attached hydrogen (secondary N) is 1. The number of hydrogen-bond donors (Lipinski definition) is 2. The number of aliphatic hydroxyl groups excluding tert-OH is 1. The zero-order chi connectivity index (χ0) is 23.2. The second-order valence-corrected chi connectivity index (χ2v) is 8.64. The maximum absolute atomic E-state index is 13.0. The van der Waals surface area contributed by atoms with Crippen molar-refractivity contribution in [3.63, 3.8) is 0 Å². The average molecular weight is 450 g/mol. The molecule has 2 heterocycles. The van der Waals surface area contributed by atoms with Gasteiger partial charge in [-0.15, -0.1) is 5.10 Å². The summed E-state index contributed by atoms with van der Waals surface area (Å²) in [7, 11) is 0. The van der Waals surface area contributed by atoms with Crippen LogP contribution in [0.15, 0.2) is 48.5 Å². The highest BCUT2D eigenvalue weighted by atomic mass is 16.5. The first-order valence-electron chi connectivity index (χ1n) is 11.4. The maximum Gasteiger partial charge on any atom is 0.281 e. The predicted octanol–water partition coefficient (Wildman–Crippen LogP) is 3.36. The van der Waals surface area contributed by atoms with E-state index in [4.69, 9.17) is 4.74 Å². The maximum atomic E-state index is 13.0. The van der Waals surface area contributed by atoms with Crippen LogP contribution in [-0.2, 0) is 0 Å². The lowest BCUT2D eigenvalue weighted by Gasteiger charge is -2.28. The van der Waals surface area contributed by atoms with Crippen molar-refractivity contribution in [1.82, 2.24) is 19.9 Å². The molecule has 0 radical (unpaired) electrons. The van der Waals surface area contributed by atoms with Gasteiger partial charge >= 0.3 is 0 Å². The molecule has 3 aromatic rings. The van der Waals surface area contributed by atoms with Crippen LogP contribution in [0.25, 0.3) is 5.69 Å². The number of benzene rings is 2. The Morgan fingerprint density at radius 3 is 2.33 bits per heavy atom. The standard InChI is InChI=1S/C25H31N5O3/c1-18-6-10-20(11-7-18)26-24(32)23-25(30(28-27-23)21-12-8-19(2)9-13-21)33-17-22(31)16-29-14-4-3-5-15-29/h6-13,22,31H,3-5,14-17H2,1-2H3,(H,26,32). The third-order valence-electron chi connectivity index (χ3n) is 5.76. The molecule has 1 unspecified atom stereocenters. The summed E-state index contributed by atoms with van der Waals surface area (Å²) >= 11 is 0. The van der Waals surface area contributed by atoms with E-state index < -0.39 is 12.0 Å². The molecule has 0 aliphatic carbocycles. The number of likely N-dealkylation sites (tertiary alicyclic amines) is 1. The van der Waals surface area contributed by atoms with E-state index >= 15 is 0 Å². The molecular weight excluding hydrogens is 418 g/mol. The smallest absolute Gasteiger partial charge is 0.281 e. The zero-order valence-corrected chi connectivity index (χ0v) is 19.2.